The summed E-state index contributed by atoms with van der Waals surface area (Å²) in [4.78, 5) is 1.18. The van der Waals surface area contributed by atoms with Crippen molar-refractivity contribution in [2.24, 2.45) is 0 Å². The molecule has 0 radical (unpaired) electrons. The Bertz CT molecular complexity index is 526. The molecule has 2 aromatic rings. The highest BCUT2D eigenvalue weighted by molar-refractivity contribution is 7.98. The largest absolute Gasteiger partial charge is 0.379 e. The molecule has 4 heteroatoms. The molecule has 0 heterocycles. The highest BCUT2D eigenvalue weighted by Crippen LogP contribution is 2.18. The zero-order valence-electron chi connectivity index (χ0n) is 9.91. The normalized spacial score (nSPS) is 10.4. The predicted molar refractivity (Wildman–Crippen MR) is 71.9 cm³/mol. The maximum Gasteiger partial charge on any atom is 0.146 e. The van der Waals surface area contributed by atoms with Gasteiger partial charge >= 0.3 is 0 Å². The Balaban J connectivity index is 2.04. The molecule has 2 rings (SSSR count). The van der Waals surface area contributed by atoms with Gasteiger partial charge in [0.25, 0.3) is 0 Å². The van der Waals surface area contributed by atoms with E-state index in [4.69, 9.17) is 0 Å². The third-order valence-corrected chi connectivity index (χ3v) is 3.31. The molecule has 0 aliphatic carbocycles. The minimum absolute atomic E-state index is 0.184. The maximum absolute atomic E-state index is 13.4. The number of rotatable bonds is 4. The summed E-state index contributed by atoms with van der Waals surface area (Å²) in [5.41, 5.74) is 1.21. The number of benzene rings is 2. The number of thioether (sulfide) groups is 1. The standard InChI is InChI=1S/C14H13F2NS/c1-18-12-5-2-10(3-6-12)9-17-14-8-11(15)4-7-13(14)16/h2-8,17H,9H2,1H3. The van der Waals surface area contributed by atoms with Crippen LogP contribution in [0.1, 0.15) is 5.56 Å². The third-order valence-electron chi connectivity index (χ3n) is 2.57. The molecule has 0 bridgehead atoms. The molecule has 0 atom stereocenters. The van der Waals surface area contributed by atoms with Crippen LogP contribution in [0.5, 0.6) is 0 Å². The van der Waals surface area contributed by atoms with Crippen LogP contribution in [-0.2, 0) is 6.54 Å². The maximum atomic E-state index is 13.4. The first-order chi connectivity index (χ1) is 8.69. The van der Waals surface area contributed by atoms with Crippen molar-refractivity contribution in [3.63, 3.8) is 0 Å². The molecular formula is C14H13F2NS. The highest BCUT2D eigenvalue weighted by Gasteiger charge is 2.03. The van der Waals surface area contributed by atoms with E-state index in [1.807, 2.05) is 30.5 Å². The minimum atomic E-state index is -0.448. The van der Waals surface area contributed by atoms with E-state index >= 15 is 0 Å². The Hall–Kier alpha value is -1.55. The Morgan fingerprint density at radius 1 is 1.06 bits per heavy atom. The van der Waals surface area contributed by atoms with Gasteiger partial charge in [0.15, 0.2) is 0 Å². The van der Waals surface area contributed by atoms with Crippen LogP contribution in [0.25, 0.3) is 0 Å². The van der Waals surface area contributed by atoms with Gasteiger partial charge in [-0.15, -0.1) is 11.8 Å². The van der Waals surface area contributed by atoms with Gasteiger partial charge in [-0.25, -0.2) is 8.78 Å². The van der Waals surface area contributed by atoms with Gasteiger partial charge in [-0.2, -0.15) is 0 Å². The third kappa shape index (κ3) is 3.23. The molecule has 2 aromatic carbocycles. The summed E-state index contributed by atoms with van der Waals surface area (Å²) in [6.07, 6.45) is 2.01. The molecule has 0 aliphatic heterocycles. The molecule has 0 spiro atoms. The molecule has 0 unspecified atom stereocenters. The van der Waals surface area contributed by atoms with Gasteiger partial charge in [-0.3, -0.25) is 0 Å². The molecule has 0 aromatic heterocycles. The number of hydrogen-bond acceptors (Lipinski definition) is 2. The summed E-state index contributed by atoms with van der Waals surface area (Å²) in [7, 11) is 0. The zero-order chi connectivity index (χ0) is 13.0. The Morgan fingerprint density at radius 3 is 2.44 bits per heavy atom. The highest BCUT2D eigenvalue weighted by atomic mass is 32.2. The van der Waals surface area contributed by atoms with Crippen LogP contribution in [0.2, 0.25) is 0 Å². The molecule has 0 fully saturated rings. The Labute approximate surface area is 109 Å². The summed E-state index contributed by atoms with van der Waals surface area (Å²) >= 11 is 1.67. The van der Waals surface area contributed by atoms with Gasteiger partial charge in [0.1, 0.15) is 11.6 Å². The lowest BCUT2D eigenvalue weighted by Crippen LogP contribution is -2.01. The van der Waals surface area contributed by atoms with E-state index in [-0.39, 0.29) is 5.69 Å². The molecule has 1 nitrogen and oxygen atoms in total. The van der Waals surface area contributed by atoms with E-state index < -0.39 is 11.6 Å². The Kier molecular flexibility index (Phi) is 4.20. The van der Waals surface area contributed by atoms with Crippen LogP contribution >= 0.6 is 11.8 Å². The number of nitrogens with one attached hydrogen (secondary N) is 1. The van der Waals surface area contributed by atoms with Gasteiger partial charge < -0.3 is 5.32 Å². The molecule has 0 amide bonds. The predicted octanol–water partition coefficient (Wildman–Crippen LogP) is 4.30. The number of halogens is 2. The smallest absolute Gasteiger partial charge is 0.146 e. The summed E-state index contributed by atoms with van der Waals surface area (Å²) < 4.78 is 26.3. The van der Waals surface area contributed by atoms with Crippen molar-refractivity contribution in [2.75, 3.05) is 11.6 Å². The fourth-order valence-electron chi connectivity index (χ4n) is 1.57. The van der Waals surface area contributed by atoms with Gasteiger partial charge in [0, 0.05) is 11.4 Å². The topological polar surface area (TPSA) is 12.0 Å². The monoisotopic (exact) mass is 265 g/mol. The SMILES string of the molecule is CSc1ccc(CNc2cc(F)ccc2F)cc1. The molecule has 0 saturated carbocycles. The second kappa shape index (κ2) is 5.87. The van der Waals surface area contributed by atoms with Crippen LogP contribution in [0, 0.1) is 11.6 Å². The number of anilines is 1. The first-order valence-electron chi connectivity index (χ1n) is 5.51. The molecule has 1 N–H and O–H groups in total. The average Bonchev–Trinajstić information content (AvgIpc) is 2.40. The quantitative estimate of drug-likeness (QED) is 0.827. The van der Waals surface area contributed by atoms with Crippen LogP contribution in [0.3, 0.4) is 0 Å². The molecule has 0 saturated heterocycles. The van der Waals surface area contributed by atoms with E-state index in [1.54, 1.807) is 11.8 Å². The molecule has 0 aliphatic rings. The molecule has 18 heavy (non-hydrogen) atoms. The van der Waals surface area contributed by atoms with Gasteiger partial charge in [0.05, 0.1) is 5.69 Å². The summed E-state index contributed by atoms with van der Waals surface area (Å²) in [6, 6.07) is 11.3. The number of hydrogen-bond donors (Lipinski definition) is 1. The van der Waals surface area contributed by atoms with E-state index in [1.165, 1.54) is 4.90 Å². The van der Waals surface area contributed by atoms with Crippen LogP contribution in [0.15, 0.2) is 47.4 Å². The fourth-order valence-corrected chi connectivity index (χ4v) is 1.98. The Morgan fingerprint density at radius 2 is 1.78 bits per heavy atom. The van der Waals surface area contributed by atoms with E-state index in [0.29, 0.717) is 6.54 Å². The van der Waals surface area contributed by atoms with Crippen LogP contribution < -0.4 is 5.32 Å². The fraction of sp³-hybridized carbons (Fsp3) is 0.143. The molecular weight excluding hydrogens is 252 g/mol. The van der Waals surface area contributed by atoms with Crippen molar-refractivity contribution < 1.29 is 8.78 Å². The van der Waals surface area contributed by atoms with Crippen molar-refractivity contribution in [3.05, 3.63) is 59.7 Å². The lowest BCUT2D eigenvalue weighted by molar-refractivity contribution is 0.602. The zero-order valence-corrected chi connectivity index (χ0v) is 10.7. The van der Waals surface area contributed by atoms with Crippen molar-refractivity contribution in [1.82, 2.24) is 0 Å². The van der Waals surface area contributed by atoms with E-state index in [2.05, 4.69) is 5.32 Å². The molecule has 94 valence electrons. The average molecular weight is 265 g/mol. The van der Waals surface area contributed by atoms with Gasteiger partial charge in [-0.1, -0.05) is 12.1 Å². The second-order valence-corrected chi connectivity index (χ2v) is 4.71. The minimum Gasteiger partial charge on any atom is -0.379 e. The van der Waals surface area contributed by atoms with Crippen LogP contribution in [-0.4, -0.2) is 6.26 Å². The van der Waals surface area contributed by atoms with Crippen molar-refractivity contribution in [2.45, 2.75) is 11.4 Å². The second-order valence-electron chi connectivity index (χ2n) is 3.83. The van der Waals surface area contributed by atoms with Crippen molar-refractivity contribution in [1.29, 1.82) is 0 Å². The van der Waals surface area contributed by atoms with E-state index in [9.17, 15) is 8.78 Å². The van der Waals surface area contributed by atoms with Gasteiger partial charge in [-0.05, 0) is 42.2 Å². The first-order valence-corrected chi connectivity index (χ1v) is 6.73. The summed E-state index contributed by atoms with van der Waals surface area (Å²) in [5.74, 6) is -0.895. The summed E-state index contributed by atoms with van der Waals surface area (Å²) in [5, 5.41) is 2.89. The van der Waals surface area contributed by atoms with E-state index in [0.717, 1.165) is 23.8 Å². The van der Waals surface area contributed by atoms with Gasteiger partial charge in [0.2, 0.25) is 0 Å². The first kappa shape index (κ1) is 12.9. The van der Waals surface area contributed by atoms with Crippen molar-refractivity contribution >= 4 is 17.4 Å². The van der Waals surface area contributed by atoms with Crippen LogP contribution in [0.4, 0.5) is 14.5 Å². The lowest BCUT2D eigenvalue weighted by atomic mass is 10.2. The van der Waals surface area contributed by atoms with Crippen molar-refractivity contribution in [3.8, 4) is 0 Å². The summed E-state index contributed by atoms with van der Waals surface area (Å²) in [6.45, 7) is 0.467. The lowest BCUT2D eigenvalue weighted by Gasteiger charge is -2.08.